The minimum absolute atomic E-state index is 0.0500. The first-order valence-electron chi connectivity index (χ1n) is 7.65. The number of benzene rings is 1. The number of rotatable bonds is 4. The number of anilines is 1. The number of primary amides is 1. The van der Waals surface area contributed by atoms with Gasteiger partial charge in [0.15, 0.2) is 11.6 Å². The van der Waals surface area contributed by atoms with Crippen molar-refractivity contribution >= 4 is 11.7 Å². The lowest BCUT2D eigenvalue weighted by Gasteiger charge is -2.28. The van der Waals surface area contributed by atoms with Crippen LogP contribution in [0.15, 0.2) is 29.1 Å². The summed E-state index contributed by atoms with van der Waals surface area (Å²) in [6, 6.07) is 4.66. The molecule has 1 aromatic heterocycles. The average Bonchev–Trinajstić information content (AvgIpc) is 2.58. The molecule has 1 aromatic carbocycles. The monoisotopic (exact) mass is 350 g/mol. The van der Waals surface area contributed by atoms with Gasteiger partial charge in [0.05, 0.1) is 25.3 Å². The van der Waals surface area contributed by atoms with Crippen LogP contribution in [0.2, 0.25) is 0 Å². The fourth-order valence-corrected chi connectivity index (χ4v) is 2.67. The Balaban J connectivity index is 2.15. The molecule has 2 heterocycles. The Morgan fingerprint density at radius 1 is 1.28 bits per heavy atom. The van der Waals surface area contributed by atoms with Crippen LogP contribution in [0.5, 0.6) is 0 Å². The molecule has 2 N–H and O–H groups in total. The van der Waals surface area contributed by atoms with E-state index in [9.17, 15) is 18.4 Å². The van der Waals surface area contributed by atoms with E-state index in [0.717, 1.165) is 10.6 Å². The zero-order valence-corrected chi connectivity index (χ0v) is 13.2. The van der Waals surface area contributed by atoms with Gasteiger partial charge in [0.25, 0.3) is 5.56 Å². The molecule has 0 radical (unpaired) electrons. The van der Waals surface area contributed by atoms with Crippen molar-refractivity contribution in [3.05, 3.63) is 52.1 Å². The van der Waals surface area contributed by atoms with Crippen LogP contribution in [0, 0.1) is 11.6 Å². The lowest BCUT2D eigenvalue weighted by Crippen LogP contribution is -2.38. The van der Waals surface area contributed by atoms with Crippen LogP contribution < -0.4 is 16.2 Å². The van der Waals surface area contributed by atoms with Crippen molar-refractivity contribution in [2.24, 2.45) is 5.73 Å². The third-order valence-corrected chi connectivity index (χ3v) is 3.81. The van der Waals surface area contributed by atoms with Crippen molar-refractivity contribution in [2.75, 3.05) is 31.2 Å². The number of carbonyl (C=O) groups excluding carboxylic acids is 1. The number of aromatic nitrogens is 2. The Bertz CT molecular complexity index is 863. The molecule has 1 amide bonds. The zero-order chi connectivity index (χ0) is 18.0. The van der Waals surface area contributed by atoms with Gasteiger partial charge in [-0.3, -0.25) is 14.2 Å². The van der Waals surface area contributed by atoms with E-state index in [-0.39, 0.29) is 17.9 Å². The van der Waals surface area contributed by atoms with Gasteiger partial charge in [-0.25, -0.2) is 13.8 Å². The molecule has 0 unspecified atom stereocenters. The van der Waals surface area contributed by atoms with Crippen molar-refractivity contribution in [1.82, 2.24) is 9.55 Å². The molecular formula is C16H16F2N4O3. The predicted octanol–water partition coefficient (Wildman–Crippen LogP) is 0.375. The van der Waals surface area contributed by atoms with E-state index in [4.69, 9.17) is 10.5 Å². The van der Waals surface area contributed by atoms with Crippen LogP contribution >= 0.6 is 0 Å². The molecule has 9 heteroatoms. The third-order valence-electron chi connectivity index (χ3n) is 3.81. The fraction of sp³-hybridized carbons (Fsp3) is 0.312. The molecule has 2 aromatic rings. The van der Waals surface area contributed by atoms with E-state index in [1.165, 1.54) is 18.2 Å². The van der Waals surface area contributed by atoms with Gasteiger partial charge in [0, 0.05) is 19.2 Å². The molecule has 1 fully saturated rings. The molecular weight excluding hydrogens is 334 g/mol. The number of amides is 1. The van der Waals surface area contributed by atoms with E-state index in [1.54, 1.807) is 0 Å². The van der Waals surface area contributed by atoms with E-state index in [1.807, 2.05) is 4.90 Å². The SMILES string of the molecule is NC(=O)Cc1nc(N2CCOCC2)cc(=O)n1-c1cccc(F)c1F. The largest absolute Gasteiger partial charge is 0.378 e. The molecule has 0 aliphatic carbocycles. The normalized spacial score (nSPS) is 14.6. The second kappa shape index (κ2) is 6.98. The zero-order valence-electron chi connectivity index (χ0n) is 13.2. The summed E-state index contributed by atoms with van der Waals surface area (Å²) in [4.78, 5) is 30.1. The lowest BCUT2D eigenvalue weighted by atomic mass is 10.2. The number of carbonyl (C=O) groups is 1. The summed E-state index contributed by atoms with van der Waals surface area (Å²) in [5.74, 6) is -2.75. The number of nitrogens with zero attached hydrogens (tertiary/aromatic N) is 3. The summed E-state index contributed by atoms with van der Waals surface area (Å²) in [6.07, 6.45) is -0.386. The first-order chi connectivity index (χ1) is 12.0. The van der Waals surface area contributed by atoms with Crippen molar-refractivity contribution < 1.29 is 18.3 Å². The predicted molar refractivity (Wildman–Crippen MR) is 85.7 cm³/mol. The third kappa shape index (κ3) is 3.50. The summed E-state index contributed by atoms with van der Waals surface area (Å²) in [5, 5.41) is 0. The highest BCUT2D eigenvalue weighted by atomic mass is 19.2. The van der Waals surface area contributed by atoms with Crippen molar-refractivity contribution in [1.29, 1.82) is 0 Å². The van der Waals surface area contributed by atoms with Gasteiger partial charge in [0.1, 0.15) is 11.6 Å². The highest BCUT2D eigenvalue weighted by Gasteiger charge is 2.20. The first kappa shape index (κ1) is 17.0. The summed E-state index contributed by atoms with van der Waals surface area (Å²) < 4.78 is 33.8. The average molecular weight is 350 g/mol. The molecule has 0 spiro atoms. The number of morpholine rings is 1. The van der Waals surface area contributed by atoms with E-state index in [2.05, 4.69) is 4.98 Å². The maximum absolute atomic E-state index is 14.1. The molecule has 7 nitrogen and oxygen atoms in total. The number of nitrogens with two attached hydrogens (primary N) is 1. The van der Waals surface area contributed by atoms with Gasteiger partial charge in [-0.15, -0.1) is 0 Å². The smallest absolute Gasteiger partial charge is 0.260 e. The van der Waals surface area contributed by atoms with E-state index >= 15 is 0 Å². The number of halogens is 2. The second-order valence-electron chi connectivity index (χ2n) is 5.52. The topological polar surface area (TPSA) is 90.5 Å². The highest BCUT2D eigenvalue weighted by Crippen LogP contribution is 2.18. The molecule has 1 aliphatic heterocycles. The highest BCUT2D eigenvalue weighted by molar-refractivity contribution is 5.76. The Morgan fingerprint density at radius 3 is 2.68 bits per heavy atom. The summed E-state index contributed by atoms with van der Waals surface area (Å²) in [5.41, 5.74) is 4.28. The number of hydrogen-bond acceptors (Lipinski definition) is 5. The van der Waals surface area contributed by atoms with E-state index in [0.29, 0.717) is 32.1 Å². The second-order valence-corrected chi connectivity index (χ2v) is 5.52. The Kier molecular flexibility index (Phi) is 4.75. The van der Waals surface area contributed by atoms with Crippen LogP contribution in [-0.2, 0) is 16.0 Å². The van der Waals surface area contributed by atoms with Crippen molar-refractivity contribution in [3.63, 3.8) is 0 Å². The van der Waals surface area contributed by atoms with Gasteiger partial charge in [-0.05, 0) is 12.1 Å². The number of hydrogen-bond donors (Lipinski definition) is 1. The van der Waals surface area contributed by atoms with Crippen LogP contribution in [0.4, 0.5) is 14.6 Å². The minimum atomic E-state index is -1.20. The summed E-state index contributed by atoms with van der Waals surface area (Å²) in [6.45, 7) is 2.02. The van der Waals surface area contributed by atoms with Gasteiger partial charge in [-0.2, -0.15) is 0 Å². The standard InChI is InChI=1S/C16H16F2N4O3/c17-10-2-1-3-11(16(10)18)22-14(8-12(19)23)20-13(9-15(22)24)21-4-6-25-7-5-21/h1-3,9H,4-8H2,(H2,19,23). The summed E-state index contributed by atoms with van der Waals surface area (Å²) >= 11 is 0. The summed E-state index contributed by atoms with van der Waals surface area (Å²) in [7, 11) is 0. The molecule has 132 valence electrons. The maximum Gasteiger partial charge on any atom is 0.260 e. The van der Waals surface area contributed by atoms with Crippen LogP contribution in [0.25, 0.3) is 5.69 Å². The first-order valence-corrected chi connectivity index (χ1v) is 7.65. The van der Waals surface area contributed by atoms with Crippen LogP contribution in [-0.4, -0.2) is 41.8 Å². The van der Waals surface area contributed by atoms with E-state index < -0.39 is 23.1 Å². The van der Waals surface area contributed by atoms with Gasteiger partial charge in [0.2, 0.25) is 5.91 Å². The van der Waals surface area contributed by atoms with Gasteiger partial charge < -0.3 is 15.4 Å². The van der Waals surface area contributed by atoms with Crippen molar-refractivity contribution in [2.45, 2.75) is 6.42 Å². The van der Waals surface area contributed by atoms with Crippen LogP contribution in [0.1, 0.15) is 5.82 Å². The molecule has 3 rings (SSSR count). The maximum atomic E-state index is 14.1. The molecule has 25 heavy (non-hydrogen) atoms. The molecule has 0 saturated carbocycles. The molecule has 1 saturated heterocycles. The molecule has 0 bridgehead atoms. The Hall–Kier alpha value is -2.81. The Morgan fingerprint density at radius 2 is 2.00 bits per heavy atom. The molecule has 1 aliphatic rings. The molecule has 0 atom stereocenters. The van der Waals surface area contributed by atoms with Crippen LogP contribution in [0.3, 0.4) is 0 Å². The fourth-order valence-electron chi connectivity index (χ4n) is 2.67. The quantitative estimate of drug-likeness (QED) is 0.861. The number of ether oxygens (including phenoxy) is 1. The lowest BCUT2D eigenvalue weighted by molar-refractivity contribution is -0.117. The van der Waals surface area contributed by atoms with Gasteiger partial charge in [-0.1, -0.05) is 6.07 Å². The van der Waals surface area contributed by atoms with Crippen molar-refractivity contribution in [3.8, 4) is 5.69 Å². The minimum Gasteiger partial charge on any atom is -0.378 e. The van der Waals surface area contributed by atoms with Gasteiger partial charge >= 0.3 is 0 Å². The Labute approximate surface area is 141 Å².